The fraction of sp³-hybridized carbons (Fsp3) is 0.0588. The van der Waals surface area contributed by atoms with Crippen LogP contribution in [0.1, 0.15) is 11.1 Å². The van der Waals surface area contributed by atoms with Gasteiger partial charge in [0, 0.05) is 0 Å². The van der Waals surface area contributed by atoms with Crippen LogP contribution in [0.4, 0.5) is 10.5 Å². The van der Waals surface area contributed by atoms with Crippen molar-refractivity contribution in [1.29, 1.82) is 0 Å². The van der Waals surface area contributed by atoms with Crippen LogP contribution in [0.2, 0.25) is 5.02 Å². The third kappa shape index (κ3) is 2.61. The molecule has 5 heteroatoms. The fourth-order valence-electron chi connectivity index (χ4n) is 2.31. The molecule has 1 fully saturated rings. The second kappa shape index (κ2) is 5.66. The lowest BCUT2D eigenvalue weighted by molar-refractivity contribution is -0.113. The monoisotopic (exact) mass is 312 g/mol. The van der Waals surface area contributed by atoms with Gasteiger partial charge in [0.25, 0.3) is 5.91 Å². The first kappa shape index (κ1) is 14.4. The summed E-state index contributed by atoms with van der Waals surface area (Å²) in [4.78, 5) is 25.6. The molecular weight excluding hydrogens is 300 g/mol. The highest BCUT2D eigenvalue weighted by molar-refractivity contribution is 6.37. The Morgan fingerprint density at radius 3 is 2.59 bits per heavy atom. The van der Waals surface area contributed by atoms with E-state index in [2.05, 4.69) is 5.32 Å². The zero-order valence-corrected chi connectivity index (χ0v) is 12.6. The van der Waals surface area contributed by atoms with Gasteiger partial charge in [-0.05, 0) is 30.7 Å². The van der Waals surface area contributed by atoms with Gasteiger partial charge in [-0.2, -0.15) is 0 Å². The Kier molecular flexibility index (Phi) is 3.69. The number of halogens is 1. The smallest absolute Gasteiger partial charge is 0.302 e. The molecule has 22 heavy (non-hydrogen) atoms. The number of aryl methyl sites for hydroxylation is 1. The van der Waals surface area contributed by atoms with E-state index in [1.807, 2.05) is 31.2 Å². The normalized spacial score (nSPS) is 16.3. The number of nitrogens with one attached hydrogen (secondary N) is 1. The van der Waals surface area contributed by atoms with Crippen molar-refractivity contribution < 1.29 is 9.59 Å². The standard InChI is InChI=1S/C17H13ClN2O2/c1-11-5-4-6-12(9-11)10-14-16(21)20(17(22)19-14)15-8-3-2-7-13(15)18/h2-10H,1H3,(H,19,22)/b14-10+. The second-order valence-electron chi connectivity index (χ2n) is 4.99. The van der Waals surface area contributed by atoms with Gasteiger partial charge in [0.15, 0.2) is 0 Å². The van der Waals surface area contributed by atoms with Gasteiger partial charge in [-0.25, -0.2) is 9.69 Å². The summed E-state index contributed by atoms with van der Waals surface area (Å²) in [5, 5.41) is 2.94. The number of hydrogen-bond donors (Lipinski definition) is 1. The Labute approximate surface area is 133 Å². The number of urea groups is 1. The summed E-state index contributed by atoms with van der Waals surface area (Å²) in [6.07, 6.45) is 1.66. The van der Waals surface area contributed by atoms with Crippen LogP contribution >= 0.6 is 11.6 Å². The number of benzene rings is 2. The van der Waals surface area contributed by atoms with E-state index in [-0.39, 0.29) is 5.70 Å². The van der Waals surface area contributed by atoms with Crippen LogP contribution in [-0.4, -0.2) is 11.9 Å². The Morgan fingerprint density at radius 1 is 1.09 bits per heavy atom. The SMILES string of the molecule is Cc1cccc(/C=C2/NC(=O)N(c3ccccc3Cl)C2=O)c1. The van der Waals surface area contributed by atoms with E-state index in [0.29, 0.717) is 10.7 Å². The molecule has 0 atom stereocenters. The number of amides is 3. The number of rotatable bonds is 2. The Balaban J connectivity index is 1.97. The van der Waals surface area contributed by atoms with Crippen LogP contribution in [0.25, 0.3) is 6.08 Å². The molecule has 3 rings (SSSR count). The van der Waals surface area contributed by atoms with Gasteiger partial charge in [-0.3, -0.25) is 4.79 Å². The minimum Gasteiger partial charge on any atom is -0.302 e. The van der Waals surface area contributed by atoms with Gasteiger partial charge in [0.2, 0.25) is 0 Å². The molecule has 0 saturated carbocycles. The zero-order chi connectivity index (χ0) is 15.7. The summed E-state index contributed by atoms with van der Waals surface area (Å²) in [6.45, 7) is 1.97. The predicted octanol–water partition coefficient (Wildman–Crippen LogP) is 3.75. The van der Waals surface area contributed by atoms with Crippen molar-refractivity contribution in [2.24, 2.45) is 0 Å². The van der Waals surface area contributed by atoms with Crippen molar-refractivity contribution in [3.05, 3.63) is 70.4 Å². The maximum atomic E-state index is 12.5. The summed E-state index contributed by atoms with van der Waals surface area (Å²) in [7, 11) is 0. The number of carbonyl (C=O) groups is 2. The van der Waals surface area contributed by atoms with Gasteiger partial charge in [0.05, 0.1) is 10.7 Å². The van der Waals surface area contributed by atoms with Crippen molar-refractivity contribution in [1.82, 2.24) is 5.32 Å². The number of anilines is 1. The lowest BCUT2D eigenvalue weighted by Gasteiger charge is -2.13. The van der Waals surface area contributed by atoms with E-state index < -0.39 is 11.9 Å². The van der Waals surface area contributed by atoms with Gasteiger partial charge >= 0.3 is 6.03 Å². The highest BCUT2D eigenvalue weighted by atomic mass is 35.5. The van der Waals surface area contributed by atoms with E-state index in [1.165, 1.54) is 0 Å². The molecule has 2 aromatic carbocycles. The molecule has 0 aliphatic carbocycles. The molecule has 1 heterocycles. The summed E-state index contributed by atoms with van der Waals surface area (Å²) in [5.41, 5.74) is 2.54. The Bertz CT molecular complexity index is 799. The van der Waals surface area contributed by atoms with Crippen LogP contribution in [0.5, 0.6) is 0 Å². The molecule has 2 aromatic rings. The molecular formula is C17H13ClN2O2. The largest absolute Gasteiger partial charge is 0.333 e. The van der Waals surface area contributed by atoms with Gasteiger partial charge in [-0.15, -0.1) is 0 Å². The molecule has 1 saturated heterocycles. The maximum absolute atomic E-state index is 12.5. The van der Waals surface area contributed by atoms with E-state index in [1.54, 1.807) is 30.3 Å². The number of imide groups is 1. The summed E-state index contributed by atoms with van der Waals surface area (Å²) in [5.74, 6) is -0.417. The van der Waals surface area contributed by atoms with Crippen LogP contribution in [0, 0.1) is 6.92 Å². The minimum atomic E-state index is -0.503. The van der Waals surface area contributed by atoms with E-state index >= 15 is 0 Å². The predicted molar refractivity (Wildman–Crippen MR) is 86.6 cm³/mol. The maximum Gasteiger partial charge on any atom is 0.333 e. The van der Waals surface area contributed by atoms with E-state index in [0.717, 1.165) is 16.0 Å². The molecule has 0 spiro atoms. The van der Waals surface area contributed by atoms with Gasteiger partial charge in [-0.1, -0.05) is 53.6 Å². The molecule has 1 N–H and O–H groups in total. The average molecular weight is 313 g/mol. The third-order valence-electron chi connectivity index (χ3n) is 3.32. The van der Waals surface area contributed by atoms with Crippen LogP contribution in [0.15, 0.2) is 54.2 Å². The molecule has 3 amide bonds. The first-order valence-electron chi connectivity index (χ1n) is 6.74. The van der Waals surface area contributed by atoms with Crippen LogP contribution in [0.3, 0.4) is 0 Å². The first-order valence-corrected chi connectivity index (χ1v) is 7.12. The third-order valence-corrected chi connectivity index (χ3v) is 3.64. The molecule has 4 nitrogen and oxygen atoms in total. The molecule has 0 radical (unpaired) electrons. The topological polar surface area (TPSA) is 49.4 Å². The number of nitrogens with zero attached hydrogens (tertiary/aromatic N) is 1. The molecule has 0 aromatic heterocycles. The van der Waals surface area contributed by atoms with Crippen molar-refractivity contribution in [3.8, 4) is 0 Å². The lowest BCUT2D eigenvalue weighted by atomic mass is 10.1. The minimum absolute atomic E-state index is 0.232. The van der Waals surface area contributed by atoms with Crippen molar-refractivity contribution in [2.45, 2.75) is 6.92 Å². The first-order chi connectivity index (χ1) is 10.6. The van der Waals surface area contributed by atoms with Crippen LogP contribution < -0.4 is 10.2 Å². The summed E-state index contributed by atoms with van der Waals surface area (Å²) >= 11 is 6.07. The second-order valence-corrected chi connectivity index (χ2v) is 5.40. The highest BCUT2D eigenvalue weighted by Gasteiger charge is 2.35. The van der Waals surface area contributed by atoms with Crippen molar-refractivity contribution >= 4 is 35.3 Å². The molecule has 110 valence electrons. The number of para-hydroxylation sites is 1. The van der Waals surface area contributed by atoms with E-state index in [9.17, 15) is 9.59 Å². The number of carbonyl (C=O) groups excluding carboxylic acids is 2. The molecule has 1 aliphatic heterocycles. The fourth-order valence-corrected chi connectivity index (χ4v) is 2.53. The summed E-state index contributed by atoms with van der Waals surface area (Å²) in [6, 6.07) is 13.9. The zero-order valence-electron chi connectivity index (χ0n) is 11.8. The molecule has 1 aliphatic rings. The Hall–Kier alpha value is -2.59. The summed E-state index contributed by atoms with van der Waals surface area (Å²) < 4.78 is 0. The Morgan fingerprint density at radius 2 is 1.86 bits per heavy atom. The quantitative estimate of drug-likeness (QED) is 0.678. The van der Waals surface area contributed by atoms with Crippen molar-refractivity contribution in [2.75, 3.05) is 4.90 Å². The van der Waals surface area contributed by atoms with Gasteiger partial charge in [0.1, 0.15) is 5.70 Å². The van der Waals surface area contributed by atoms with Crippen molar-refractivity contribution in [3.63, 3.8) is 0 Å². The van der Waals surface area contributed by atoms with Gasteiger partial charge < -0.3 is 5.32 Å². The van der Waals surface area contributed by atoms with Crippen LogP contribution in [-0.2, 0) is 4.79 Å². The lowest BCUT2D eigenvalue weighted by Crippen LogP contribution is -2.30. The highest BCUT2D eigenvalue weighted by Crippen LogP contribution is 2.29. The number of hydrogen-bond acceptors (Lipinski definition) is 2. The molecule has 0 bridgehead atoms. The average Bonchev–Trinajstić information content (AvgIpc) is 2.74. The van der Waals surface area contributed by atoms with E-state index in [4.69, 9.17) is 11.6 Å². The molecule has 0 unspecified atom stereocenters.